The molecule has 16 heavy (non-hydrogen) atoms. The molecule has 0 aliphatic rings. The number of carbonyl (C=O) groups is 1. The summed E-state index contributed by atoms with van der Waals surface area (Å²) in [5, 5.41) is 10.8. The molecule has 1 rings (SSSR count). The lowest BCUT2D eigenvalue weighted by Gasteiger charge is -2.00. The van der Waals surface area contributed by atoms with Gasteiger partial charge in [0.2, 0.25) is 0 Å². The van der Waals surface area contributed by atoms with Crippen molar-refractivity contribution in [3.05, 3.63) is 45.5 Å². The average Bonchev–Trinajstić information content (AvgIpc) is 2.25. The van der Waals surface area contributed by atoms with Gasteiger partial charge in [-0.05, 0) is 13.0 Å². The third kappa shape index (κ3) is 2.93. The molecular formula is C11H11NO3S. The minimum absolute atomic E-state index is 0.0641. The Labute approximate surface area is 98.5 Å². The van der Waals surface area contributed by atoms with E-state index in [1.807, 2.05) is 0 Å². The quantitative estimate of drug-likeness (QED) is 0.379. The number of rotatable bonds is 4. The number of ketones is 1. The first-order valence-electron chi connectivity index (χ1n) is 4.63. The standard InChI is InChI=1S/C11H11NO3S/c1-8(13)10-5-4-9(3-2-6-16)11(7-10)12(14)15/h2-5,7,16H,6H2,1H3. The predicted octanol–water partition coefficient (Wildman–Crippen LogP) is 2.74. The first-order valence-corrected chi connectivity index (χ1v) is 5.26. The summed E-state index contributed by atoms with van der Waals surface area (Å²) < 4.78 is 0. The summed E-state index contributed by atoms with van der Waals surface area (Å²) >= 11 is 3.98. The molecule has 1 aromatic carbocycles. The third-order valence-corrected chi connectivity index (χ3v) is 2.25. The maximum absolute atomic E-state index is 11.1. The summed E-state index contributed by atoms with van der Waals surface area (Å²) in [6.07, 6.45) is 3.33. The molecule has 0 aromatic heterocycles. The molecule has 5 heteroatoms. The number of benzene rings is 1. The number of thiol groups is 1. The molecule has 0 saturated carbocycles. The number of nitro groups is 1. The monoisotopic (exact) mass is 237 g/mol. The second-order valence-electron chi connectivity index (χ2n) is 3.17. The number of hydrogen-bond donors (Lipinski definition) is 1. The van der Waals surface area contributed by atoms with E-state index in [0.717, 1.165) is 0 Å². The minimum Gasteiger partial charge on any atom is -0.295 e. The third-order valence-electron chi connectivity index (χ3n) is 2.04. The summed E-state index contributed by atoms with van der Waals surface area (Å²) in [5.41, 5.74) is 0.754. The molecule has 0 unspecified atom stereocenters. The van der Waals surface area contributed by atoms with Crippen LogP contribution >= 0.6 is 12.6 Å². The second kappa shape index (κ2) is 5.46. The van der Waals surface area contributed by atoms with Gasteiger partial charge in [-0.1, -0.05) is 18.2 Å². The maximum atomic E-state index is 11.1. The van der Waals surface area contributed by atoms with Crippen LogP contribution in [0, 0.1) is 10.1 Å². The molecule has 0 saturated heterocycles. The highest BCUT2D eigenvalue weighted by Crippen LogP contribution is 2.22. The molecule has 0 heterocycles. The molecule has 0 bridgehead atoms. The van der Waals surface area contributed by atoms with E-state index >= 15 is 0 Å². The van der Waals surface area contributed by atoms with Crippen LogP contribution in [0.5, 0.6) is 0 Å². The molecule has 0 spiro atoms. The van der Waals surface area contributed by atoms with Gasteiger partial charge in [0, 0.05) is 17.4 Å². The van der Waals surface area contributed by atoms with Crippen molar-refractivity contribution < 1.29 is 9.72 Å². The van der Waals surface area contributed by atoms with Crippen molar-refractivity contribution in [2.45, 2.75) is 6.92 Å². The van der Waals surface area contributed by atoms with Crippen molar-refractivity contribution in [2.75, 3.05) is 5.75 Å². The van der Waals surface area contributed by atoms with Gasteiger partial charge in [0.25, 0.3) is 5.69 Å². The maximum Gasteiger partial charge on any atom is 0.277 e. The SMILES string of the molecule is CC(=O)c1ccc(C=CCS)c([N+](=O)[O-])c1. The van der Waals surface area contributed by atoms with Gasteiger partial charge < -0.3 is 0 Å². The summed E-state index contributed by atoms with van der Waals surface area (Å²) in [7, 11) is 0. The number of Topliss-reactive ketones (excluding diaryl/α,β-unsaturated/α-hetero) is 1. The number of nitro benzene ring substituents is 1. The molecule has 0 N–H and O–H groups in total. The van der Waals surface area contributed by atoms with Crippen LogP contribution in [0.4, 0.5) is 5.69 Å². The Morgan fingerprint density at radius 3 is 2.75 bits per heavy atom. The lowest BCUT2D eigenvalue weighted by atomic mass is 10.1. The zero-order valence-corrected chi connectivity index (χ0v) is 9.61. The molecule has 0 aliphatic carbocycles. The van der Waals surface area contributed by atoms with E-state index in [2.05, 4.69) is 12.6 Å². The minimum atomic E-state index is -0.495. The van der Waals surface area contributed by atoms with E-state index in [0.29, 0.717) is 16.9 Å². The van der Waals surface area contributed by atoms with E-state index in [1.54, 1.807) is 24.3 Å². The molecule has 1 aromatic rings. The van der Waals surface area contributed by atoms with E-state index in [9.17, 15) is 14.9 Å². The number of carbonyl (C=O) groups excluding carboxylic acids is 1. The van der Waals surface area contributed by atoms with Crippen LogP contribution < -0.4 is 0 Å². The van der Waals surface area contributed by atoms with Gasteiger partial charge in [0.1, 0.15) is 0 Å². The van der Waals surface area contributed by atoms with E-state index in [-0.39, 0.29) is 11.5 Å². The van der Waals surface area contributed by atoms with Crippen molar-refractivity contribution in [1.29, 1.82) is 0 Å². The van der Waals surface area contributed by atoms with Crippen LogP contribution in [0.1, 0.15) is 22.8 Å². The van der Waals surface area contributed by atoms with Crippen LogP contribution in [0.2, 0.25) is 0 Å². The smallest absolute Gasteiger partial charge is 0.277 e. The Balaban J connectivity index is 3.24. The van der Waals surface area contributed by atoms with Crippen LogP contribution in [-0.2, 0) is 0 Å². The van der Waals surface area contributed by atoms with Gasteiger partial charge in [-0.3, -0.25) is 14.9 Å². The lowest BCUT2D eigenvalue weighted by Crippen LogP contribution is -1.97. The zero-order chi connectivity index (χ0) is 12.1. The van der Waals surface area contributed by atoms with Crippen molar-refractivity contribution in [1.82, 2.24) is 0 Å². The Bertz CT molecular complexity index is 455. The van der Waals surface area contributed by atoms with Crippen molar-refractivity contribution in [2.24, 2.45) is 0 Å². The first-order chi connectivity index (χ1) is 7.56. The molecular weight excluding hydrogens is 226 g/mol. The molecule has 4 nitrogen and oxygen atoms in total. The van der Waals surface area contributed by atoms with Crippen LogP contribution in [-0.4, -0.2) is 16.5 Å². The molecule has 84 valence electrons. The average molecular weight is 237 g/mol. The molecule has 0 fully saturated rings. The topological polar surface area (TPSA) is 60.2 Å². The molecule has 0 aliphatic heterocycles. The zero-order valence-electron chi connectivity index (χ0n) is 8.71. The Morgan fingerprint density at radius 1 is 1.56 bits per heavy atom. The fourth-order valence-corrected chi connectivity index (χ4v) is 1.35. The van der Waals surface area contributed by atoms with Crippen LogP contribution in [0.3, 0.4) is 0 Å². The van der Waals surface area contributed by atoms with Crippen LogP contribution in [0.25, 0.3) is 6.08 Å². The summed E-state index contributed by atoms with van der Waals surface area (Å²) in [5.74, 6) is 0.318. The Morgan fingerprint density at radius 2 is 2.25 bits per heavy atom. The summed E-state index contributed by atoms with van der Waals surface area (Å²) in [6.45, 7) is 1.38. The second-order valence-corrected chi connectivity index (χ2v) is 3.54. The fourth-order valence-electron chi connectivity index (χ4n) is 1.24. The van der Waals surface area contributed by atoms with E-state index in [1.165, 1.54) is 13.0 Å². The van der Waals surface area contributed by atoms with Gasteiger partial charge in [0.05, 0.1) is 10.5 Å². The number of nitrogens with zero attached hydrogens (tertiary/aromatic N) is 1. The highest BCUT2D eigenvalue weighted by Gasteiger charge is 2.13. The van der Waals surface area contributed by atoms with Crippen molar-refractivity contribution in [3.8, 4) is 0 Å². The van der Waals surface area contributed by atoms with Gasteiger partial charge in [-0.25, -0.2) is 0 Å². The highest BCUT2D eigenvalue weighted by molar-refractivity contribution is 7.80. The normalized spacial score (nSPS) is 10.6. The molecule has 0 radical (unpaired) electrons. The first kappa shape index (κ1) is 12.4. The highest BCUT2D eigenvalue weighted by atomic mass is 32.1. The van der Waals surface area contributed by atoms with Gasteiger partial charge in [-0.2, -0.15) is 12.6 Å². The Hall–Kier alpha value is -1.62. The van der Waals surface area contributed by atoms with E-state index in [4.69, 9.17) is 0 Å². The van der Waals surface area contributed by atoms with Crippen molar-refractivity contribution in [3.63, 3.8) is 0 Å². The molecule has 0 amide bonds. The number of hydrogen-bond acceptors (Lipinski definition) is 4. The lowest BCUT2D eigenvalue weighted by molar-refractivity contribution is -0.385. The van der Waals surface area contributed by atoms with Gasteiger partial charge in [0.15, 0.2) is 5.78 Å². The van der Waals surface area contributed by atoms with E-state index < -0.39 is 4.92 Å². The molecule has 0 atom stereocenters. The summed E-state index contributed by atoms with van der Waals surface area (Å²) in [6, 6.07) is 4.43. The van der Waals surface area contributed by atoms with Gasteiger partial charge in [-0.15, -0.1) is 0 Å². The van der Waals surface area contributed by atoms with Crippen molar-refractivity contribution >= 4 is 30.2 Å². The fraction of sp³-hybridized carbons (Fsp3) is 0.182. The Kier molecular flexibility index (Phi) is 4.25. The van der Waals surface area contributed by atoms with Crippen LogP contribution in [0.15, 0.2) is 24.3 Å². The predicted molar refractivity (Wildman–Crippen MR) is 66.0 cm³/mol. The largest absolute Gasteiger partial charge is 0.295 e. The summed E-state index contributed by atoms with van der Waals surface area (Å²) in [4.78, 5) is 21.4. The van der Waals surface area contributed by atoms with Gasteiger partial charge >= 0.3 is 0 Å².